The standard InChI is InChI=1S/C23H29F3O3/c1-2-3-22(27)28-20-12-8-18(9-13-20)16-4-6-17(7-5-16)19-10-14-21(15-11-19)29-23(24,25)26/h2,10-11,14-18,20H,1,3-9,12-13H2. The molecule has 2 fully saturated rings. The zero-order valence-corrected chi connectivity index (χ0v) is 16.6. The van der Waals surface area contributed by atoms with Gasteiger partial charge in [-0.1, -0.05) is 18.2 Å². The molecule has 3 nitrogen and oxygen atoms in total. The zero-order valence-electron chi connectivity index (χ0n) is 16.6. The van der Waals surface area contributed by atoms with E-state index in [2.05, 4.69) is 11.3 Å². The topological polar surface area (TPSA) is 35.5 Å². The Hall–Kier alpha value is -1.98. The van der Waals surface area contributed by atoms with Crippen molar-refractivity contribution in [3.8, 4) is 5.75 Å². The summed E-state index contributed by atoms with van der Waals surface area (Å²) < 4.78 is 46.3. The van der Waals surface area contributed by atoms with Crippen LogP contribution < -0.4 is 4.74 Å². The molecule has 0 unspecified atom stereocenters. The van der Waals surface area contributed by atoms with Crippen molar-refractivity contribution in [1.29, 1.82) is 0 Å². The van der Waals surface area contributed by atoms with Gasteiger partial charge in [-0.2, -0.15) is 0 Å². The third kappa shape index (κ3) is 6.51. The van der Waals surface area contributed by atoms with Crippen molar-refractivity contribution in [3.05, 3.63) is 42.5 Å². The fourth-order valence-electron chi connectivity index (χ4n) is 4.90. The molecule has 2 aliphatic rings. The average molecular weight is 410 g/mol. The normalized spacial score (nSPS) is 27.8. The number of benzene rings is 1. The zero-order chi connectivity index (χ0) is 20.9. The molecule has 29 heavy (non-hydrogen) atoms. The van der Waals surface area contributed by atoms with Gasteiger partial charge in [-0.25, -0.2) is 0 Å². The summed E-state index contributed by atoms with van der Waals surface area (Å²) >= 11 is 0. The van der Waals surface area contributed by atoms with Crippen LogP contribution in [0.3, 0.4) is 0 Å². The van der Waals surface area contributed by atoms with E-state index in [4.69, 9.17) is 4.74 Å². The predicted octanol–water partition coefficient (Wildman–Crippen LogP) is 6.54. The van der Waals surface area contributed by atoms with Crippen molar-refractivity contribution in [2.24, 2.45) is 11.8 Å². The van der Waals surface area contributed by atoms with Crippen molar-refractivity contribution in [1.82, 2.24) is 0 Å². The smallest absolute Gasteiger partial charge is 0.462 e. The predicted molar refractivity (Wildman–Crippen MR) is 104 cm³/mol. The molecular formula is C23H29F3O3. The molecule has 0 radical (unpaired) electrons. The van der Waals surface area contributed by atoms with Gasteiger partial charge in [0.05, 0.1) is 6.42 Å². The quantitative estimate of drug-likeness (QED) is 0.395. The number of rotatable bonds is 6. The summed E-state index contributed by atoms with van der Waals surface area (Å²) in [5, 5.41) is 0. The number of alkyl halides is 3. The Morgan fingerprint density at radius 1 is 0.966 bits per heavy atom. The molecule has 3 rings (SSSR count). The van der Waals surface area contributed by atoms with Crippen molar-refractivity contribution < 1.29 is 27.4 Å². The van der Waals surface area contributed by atoms with Crippen molar-refractivity contribution >= 4 is 5.97 Å². The third-order valence-electron chi connectivity index (χ3n) is 6.35. The molecule has 0 amide bonds. The van der Waals surface area contributed by atoms with Crippen LogP contribution in [0, 0.1) is 11.8 Å². The summed E-state index contributed by atoms with van der Waals surface area (Å²) in [6, 6.07) is 6.33. The lowest BCUT2D eigenvalue weighted by atomic mass is 9.69. The Balaban J connectivity index is 1.43. The Kier molecular flexibility index (Phi) is 7.25. The van der Waals surface area contributed by atoms with Crippen LogP contribution in [0.25, 0.3) is 0 Å². The van der Waals surface area contributed by atoms with E-state index in [1.54, 1.807) is 18.2 Å². The van der Waals surface area contributed by atoms with Crippen molar-refractivity contribution in [2.45, 2.75) is 76.2 Å². The molecule has 160 valence electrons. The molecule has 0 heterocycles. The molecule has 0 aromatic heterocycles. The molecule has 0 atom stereocenters. The van der Waals surface area contributed by atoms with E-state index in [1.807, 2.05) is 0 Å². The van der Waals surface area contributed by atoms with Gasteiger partial charge < -0.3 is 9.47 Å². The van der Waals surface area contributed by atoms with Crippen LogP contribution in [0.5, 0.6) is 5.75 Å². The molecule has 0 saturated heterocycles. The summed E-state index contributed by atoms with van der Waals surface area (Å²) in [7, 11) is 0. The summed E-state index contributed by atoms with van der Waals surface area (Å²) in [4.78, 5) is 11.6. The average Bonchev–Trinajstić information content (AvgIpc) is 2.68. The van der Waals surface area contributed by atoms with Gasteiger partial charge >= 0.3 is 12.3 Å². The second kappa shape index (κ2) is 9.68. The van der Waals surface area contributed by atoms with E-state index in [0.29, 0.717) is 17.8 Å². The molecule has 2 saturated carbocycles. The molecule has 0 aliphatic heterocycles. The summed E-state index contributed by atoms with van der Waals surface area (Å²) in [6.45, 7) is 3.56. The number of hydrogen-bond donors (Lipinski definition) is 0. The third-order valence-corrected chi connectivity index (χ3v) is 6.35. The van der Waals surface area contributed by atoms with Crippen molar-refractivity contribution in [3.63, 3.8) is 0 Å². The van der Waals surface area contributed by atoms with Gasteiger partial charge in [0.2, 0.25) is 0 Å². The van der Waals surface area contributed by atoms with Crippen LogP contribution in [0.4, 0.5) is 13.2 Å². The van der Waals surface area contributed by atoms with Gasteiger partial charge in [0.15, 0.2) is 0 Å². The molecule has 1 aromatic carbocycles. The lowest BCUT2D eigenvalue weighted by molar-refractivity contribution is -0.274. The first-order chi connectivity index (χ1) is 13.8. The monoisotopic (exact) mass is 410 g/mol. The Bertz CT molecular complexity index is 668. The highest BCUT2D eigenvalue weighted by molar-refractivity contribution is 5.71. The molecule has 0 bridgehead atoms. The molecule has 2 aliphatic carbocycles. The van der Waals surface area contributed by atoms with Gasteiger partial charge in [-0.3, -0.25) is 4.79 Å². The Labute approximate surface area is 170 Å². The molecule has 0 N–H and O–H groups in total. The van der Waals surface area contributed by atoms with E-state index in [-0.39, 0.29) is 24.2 Å². The van der Waals surface area contributed by atoms with Crippen LogP contribution >= 0.6 is 0 Å². The van der Waals surface area contributed by atoms with E-state index in [9.17, 15) is 18.0 Å². The fourth-order valence-corrected chi connectivity index (χ4v) is 4.90. The number of carbonyl (C=O) groups is 1. The van der Waals surface area contributed by atoms with E-state index in [0.717, 1.165) is 56.9 Å². The lowest BCUT2D eigenvalue weighted by Crippen LogP contribution is -2.29. The second-order valence-electron chi connectivity index (χ2n) is 8.25. The van der Waals surface area contributed by atoms with Gasteiger partial charge in [0.1, 0.15) is 11.9 Å². The maximum Gasteiger partial charge on any atom is 0.573 e. The number of ether oxygens (including phenoxy) is 2. The summed E-state index contributed by atoms with van der Waals surface area (Å²) in [5.41, 5.74) is 1.09. The Morgan fingerprint density at radius 3 is 2.03 bits per heavy atom. The highest BCUT2D eigenvalue weighted by Gasteiger charge is 2.33. The van der Waals surface area contributed by atoms with Gasteiger partial charge in [0.25, 0.3) is 0 Å². The van der Waals surface area contributed by atoms with Crippen LogP contribution in [0.15, 0.2) is 36.9 Å². The van der Waals surface area contributed by atoms with E-state index >= 15 is 0 Å². The van der Waals surface area contributed by atoms with Gasteiger partial charge in [-0.15, -0.1) is 19.8 Å². The Morgan fingerprint density at radius 2 is 1.52 bits per heavy atom. The highest BCUT2D eigenvalue weighted by atomic mass is 19.4. The maximum atomic E-state index is 12.3. The minimum absolute atomic E-state index is 0.0486. The fraction of sp³-hybridized carbons (Fsp3) is 0.609. The van der Waals surface area contributed by atoms with E-state index < -0.39 is 6.36 Å². The van der Waals surface area contributed by atoms with Crippen LogP contribution in [0.2, 0.25) is 0 Å². The first-order valence-corrected chi connectivity index (χ1v) is 10.5. The second-order valence-corrected chi connectivity index (χ2v) is 8.25. The van der Waals surface area contributed by atoms with Gasteiger partial charge in [0, 0.05) is 0 Å². The van der Waals surface area contributed by atoms with Crippen LogP contribution in [-0.2, 0) is 9.53 Å². The van der Waals surface area contributed by atoms with Crippen molar-refractivity contribution in [2.75, 3.05) is 0 Å². The molecule has 1 aromatic rings. The first-order valence-electron chi connectivity index (χ1n) is 10.5. The number of esters is 1. The molecule has 6 heteroatoms. The molecular weight excluding hydrogens is 381 g/mol. The summed E-state index contributed by atoms with van der Waals surface area (Å²) in [5.74, 6) is 1.44. The van der Waals surface area contributed by atoms with E-state index in [1.165, 1.54) is 12.1 Å². The maximum absolute atomic E-state index is 12.3. The first kappa shape index (κ1) is 21.7. The molecule has 0 spiro atoms. The number of hydrogen-bond acceptors (Lipinski definition) is 3. The minimum Gasteiger partial charge on any atom is -0.462 e. The van der Waals surface area contributed by atoms with Crippen LogP contribution in [-0.4, -0.2) is 18.4 Å². The highest BCUT2D eigenvalue weighted by Crippen LogP contribution is 2.43. The largest absolute Gasteiger partial charge is 0.573 e. The number of halogens is 3. The lowest BCUT2D eigenvalue weighted by Gasteiger charge is -2.37. The van der Waals surface area contributed by atoms with Crippen LogP contribution in [0.1, 0.15) is 69.3 Å². The minimum atomic E-state index is -4.65. The number of carbonyl (C=O) groups excluding carboxylic acids is 1. The van der Waals surface area contributed by atoms with Gasteiger partial charge in [-0.05, 0) is 86.8 Å². The summed E-state index contributed by atoms with van der Waals surface area (Å²) in [6.07, 6.45) is 5.76. The SMILES string of the molecule is C=CCC(=O)OC1CCC(C2CCC(c3ccc(OC(F)(F)F)cc3)CC2)CC1.